The molecule has 0 radical (unpaired) electrons. The number of hydrogen-bond donors (Lipinski definition) is 1. The van der Waals surface area contributed by atoms with Crippen molar-refractivity contribution in [1.29, 1.82) is 0 Å². The molecular weight excluding hydrogens is 248 g/mol. The van der Waals surface area contributed by atoms with Gasteiger partial charge in [-0.15, -0.1) is 5.10 Å². The SMILES string of the molecule is NCCCCc1cn(Cc2ccccc2Cl)nn1. The summed E-state index contributed by atoms with van der Waals surface area (Å²) in [5.41, 5.74) is 7.52. The van der Waals surface area contributed by atoms with Gasteiger partial charge in [-0.05, 0) is 37.4 Å². The molecule has 0 unspecified atom stereocenters. The normalized spacial score (nSPS) is 10.8. The van der Waals surface area contributed by atoms with Crippen LogP contribution in [0, 0.1) is 0 Å². The molecule has 18 heavy (non-hydrogen) atoms. The Morgan fingerprint density at radius 1 is 1.22 bits per heavy atom. The van der Waals surface area contributed by atoms with Crippen molar-refractivity contribution in [3.63, 3.8) is 0 Å². The molecular formula is C13H17ClN4. The van der Waals surface area contributed by atoms with Crippen molar-refractivity contribution in [1.82, 2.24) is 15.0 Å². The summed E-state index contributed by atoms with van der Waals surface area (Å²) in [6.45, 7) is 1.39. The highest BCUT2D eigenvalue weighted by Crippen LogP contribution is 2.15. The highest BCUT2D eigenvalue weighted by molar-refractivity contribution is 6.31. The monoisotopic (exact) mass is 264 g/mol. The molecule has 2 N–H and O–H groups in total. The summed E-state index contributed by atoms with van der Waals surface area (Å²) in [4.78, 5) is 0. The van der Waals surface area contributed by atoms with Gasteiger partial charge in [0.2, 0.25) is 0 Å². The first-order valence-electron chi connectivity index (χ1n) is 6.12. The lowest BCUT2D eigenvalue weighted by atomic mass is 10.2. The maximum Gasteiger partial charge on any atom is 0.0827 e. The number of halogens is 1. The number of unbranched alkanes of at least 4 members (excludes halogenated alkanes) is 1. The van der Waals surface area contributed by atoms with E-state index in [9.17, 15) is 0 Å². The number of aromatic nitrogens is 3. The third-order valence-electron chi connectivity index (χ3n) is 2.76. The minimum Gasteiger partial charge on any atom is -0.330 e. The van der Waals surface area contributed by atoms with Crippen LogP contribution in [0.3, 0.4) is 0 Å². The van der Waals surface area contributed by atoms with Gasteiger partial charge >= 0.3 is 0 Å². The predicted octanol–water partition coefficient (Wildman–Crippen LogP) is 2.26. The lowest BCUT2D eigenvalue weighted by Gasteiger charge is -2.02. The van der Waals surface area contributed by atoms with Gasteiger partial charge in [-0.25, -0.2) is 4.68 Å². The Morgan fingerprint density at radius 3 is 2.83 bits per heavy atom. The number of aryl methyl sites for hydroxylation is 1. The Balaban J connectivity index is 1.96. The summed E-state index contributed by atoms with van der Waals surface area (Å²) < 4.78 is 1.82. The second-order valence-corrected chi connectivity index (χ2v) is 4.65. The summed E-state index contributed by atoms with van der Waals surface area (Å²) in [5.74, 6) is 0. The summed E-state index contributed by atoms with van der Waals surface area (Å²) in [5, 5.41) is 9.01. The minimum atomic E-state index is 0.656. The van der Waals surface area contributed by atoms with Crippen LogP contribution in [0.5, 0.6) is 0 Å². The van der Waals surface area contributed by atoms with E-state index in [1.165, 1.54) is 0 Å². The molecule has 1 heterocycles. The van der Waals surface area contributed by atoms with Gasteiger partial charge in [0.05, 0.1) is 12.2 Å². The fourth-order valence-corrected chi connectivity index (χ4v) is 1.98. The Morgan fingerprint density at radius 2 is 2.06 bits per heavy atom. The van der Waals surface area contributed by atoms with Gasteiger partial charge in [0.15, 0.2) is 0 Å². The fourth-order valence-electron chi connectivity index (χ4n) is 1.78. The van der Waals surface area contributed by atoms with Crippen LogP contribution in [0.1, 0.15) is 24.1 Å². The molecule has 2 rings (SSSR count). The van der Waals surface area contributed by atoms with Gasteiger partial charge in [0.1, 0.15) is 0 Å². The Labute approximate surface area is 112 Å². The Bertz CT molecular complexity index is 495. The zero-order chi connectivity index (χ0) is 12.8. The molecule has 0 aliphatic carbocycles. The average Bonchev–Trinajstić information content (AvgIpc) is 2.80. The summed E-state index contributed by atoms with van der Waals surface area (Å²) in [6, 6.07) is 7.78. The lowest BCUT2D eigenvalue weighted by molar-refractivity contribution is 0.648. The molecule has 0 fully saturated rings. The molecule has 1 aromatic carbocycles. The number of rotatable bonds is 6. The highest BCUT2D eigenvalue weighted by Gasteiger charge is 2.03. The number of benzene rings is 1. The van der Waals surface area contributed by atoms with Crippen molar-refractivity contribution in [2.45, 2.75) is 25.8 Å². The van der Waals surface area contributed by atoms with E-state index < -0.39 is 0 Å². The van der Waals surface area contributed by atoms with Gasteiger partial charge in [-0.1, -0.05) is 35.0 Å². The van der Waals surface area contributed by atoms with Gasteiger partial charge < -0.3 is 5.73 Å². The van der Waals surface area contributed by atoms with Crippen molar-refractivity contribution in [2.24, 2.45) is 5.73 Å². The van der Waals surface area contributed by atoms with Crippen LogP contribution >= 0.6 is 11.6 Å². The van der Waals surface area contributed by atoms with E-state index in [0.717, 1.165) is 42.1 Å². The van der Waals surface area contributed by atoms with E-state index in [1.807, 2.05) is 35.1 Å². The summed E-state index contributed by atoms with van der Waals surface area (Å²) >= 11 is 6.11. The van der Waals surface area contributed by atoms with E-state index in [2.05, 4.69) is 10.3 Å². The first-order valence-corrected chi connectivity index (χ1v) is 6.50. The lowest BCUT2D eigenvalue weighted by Crippen LogP contribution is -2.00. The predicted molar refractivity (Wildman–Crippen MR) is 72.6 cm³/mol. The molecule has 96 valence electrons. The molecule has 5 heteroatoms. The molecule has 0 saturated heterocycles. The maximum atomic E-state index is 6.11. The summed E-state index contributed by atoms with van der Waals surface area (Å²) in [7, 11) is 0. The maximum absolute atomic E-state index is 6.11. The van der Waals surface area contributed by atoms with Gasteiger partial charge in [0.25, 0.3) is 0 Å². The van der Waals surface area contributed by atoms with Crippen molar-refractivity contribution in [2.75, 3.05) is 6.54 Å². The van der Waals surface area contributed by atoms with Crippen molar-refractivity contribution < 1.29 is 0 Å². The zero-order valence-corrected chi connectivity index (χ0v) is 11.0. The van der Waals surface area contributed by atoms with Gasteiger partial charge in [0, 0.05) is 11.2 Å². The topological polar surface area (TPSA) is 56.7 Å². The van der Waals surface area contributed by atoms with Crippen molar-refractivity contribution in [3.05, 3.63) is 46.7 Å². The second kappa shape index (κ2) is 6.52. The standard InChI is InChI=1S/C13H17ClN4/c14-13-7-2-1-5-11(13)9-18-10-12(16-17-18)6-3-4-8-15/h1-2,5,7,10H,3-4,6,8-9,15H2. The first-order chi connectivity index (χ1) is 8.79. The number of hydrogen-bond acceptors (Lipinski definition) is 3. The van der Waals surface area contributed by atoms with Crippen molar-refractivity contribution >= 4 is 11.6 Å². The first kappa shape index (κ1) is 13.1. The van der Waals surface area contributed by atoms with E-state index in [-0.39, 0.29) is 0 Å². The zero-order valence-electron chi connectivity index (χ0n) is 10.2. The van der Waals surface area contributed by atoms with Crippen LogP contribution < -0.4 is 5.73 Å². The van der Waals surface area contributed by atoms with E-state index in [1.54, 1.807) is 0 Å². The third-order valence-corrected chi connectivity index (χ3v) is 3.13. The largest absolute Gasteiger partial charge is 0.330 e. The molecule has 0 atom stereocenters. The molecule has 2 aromatic rings. The van der Waals surface area contributed by atoms with Crippen LogP contribution in [-0.4, -0.2) is 21.5 Å². The minimum absolute atomic E-state index is 0.656. The molecule has 0 spiro atoms. The highest BCUT2D eigenvalue weighted by atomic mass is 35.5. The fraction of sp³-hybridized carbons (Fsp3) is 0.385. The van der Waals surface area contributed by atoms with E-state index in [4.69, 9.17) is 17.3 Å². The van der Waals surface area contributed by atoms with E-state index >= 15 is 0 Å². The quantitative estimate of drug-likeness (QED) is 0.815. The molecule has 0 bridgehead atoms. The summed E-state index contributed by atoms with van der Waals surface area (Å²) in [6.07, 6.45) is 4.98. The van der Waals surface area contributed by atoms with Gasteiger partial charge in [-0.3, -0.25) is 0 Å². The van der Waals surface area contributed by atoms with E-state index in [0.29, 0.717) is 6.54 Å². The van der Waals surface area contributed by atoms with Gasteiger partial charge in [-0.2, -0.15) is 0 Å². The van der Waals surface area contributed by atoms with Crippen LogP contribution in [0.15, 0.2) is 30.5 Å². The molecule has 0 saturated carbocycles. The van der Waals surface area contributed by atoms with Crippen LogP contribution in [-0.2, 0) is 13.0 Å². The molecule has 0 aliphatic rings. The molecule has 0 amide bonds. The van der Waals surface area contributed by atoms with Crippen molar-refractivity contribution in [3.8, 4) is 0 Å². The number of nitrogens with two attached hydrogens (primary N) is 1. The molecule has 0 aliphatic heterocycles. The van der Waals surface area contributed by atoms with Crippen LogP contribution in [0.4, 0.5) is 0 Å². The molecule has 4 nitrogen and oxygen atoms in total. The third kappa shape index (κ3) is 3.55. The number of nitrogens with zero attached hydrogens (tertiary/aromatic N) is 3. The van der Waals surface area contributed by atoms with Crippen LogP contribution in [0.2, 0.25) is 5.02 Å². The van der Waals surface area contributed by atoms with Crippen LogP contribution in [0.25, 0.3) is 0 Å². The molecule has 1 aromatic heterocycles. The Kier molecular flexibility index (Phi) is 4.73. The average molecular weight is 265 g/mol. The second-order valence-electron chi connectivity index (χ2n) is 4.24. The smallest absolute Gasteiger partial charge is 0.0827 e. The Hall–Kier alpha value is -1.39.